The van der Waals surface area contributed by atoms with E-state index in [2.05, 4.69) is 13.8 Å². The first-order chi connectivity index (χ1) is 7.11. The van der Waals surface area contributed by atoms with Gasteiger partial charge in [-0.05, 0) is 26.2 Å². The number of rotatable bonds is 9. The monoisotopic (exact) mass is 218 g/mol. The van der Waals surface area contributed by atoms with Crippen molar-refractivity contribution in [1.29, 1.82) is 0 Å². The van der Waals surface area contributed by atoms with Gasteiger partial charge < -0.3 is 14.6 Å². The van der Waals surface area contributed by atoms with Crippen LogP contribution < -0.4 is 0 Å². The van der Waals surface area contributed by atoms with Gasteiger partial charge >= 0.3 is 0 Å². The van der Waals surface area contributed by atoms with Gasteiger partial charge in [0.1, 0.15) is 6.10 Å². The molecule has 1 N–H and O–H groups in total. The highest BCUT2D eigenvalue weighted by molar-refractivity contribution is 4.61. The Bertz CT molecular complexity index is 131. The van der Waals surface area contributed by atoms with Crippen LogP contribution in [0.2, 0.25) is 0 Å². The highest BCUT2D eigenvalue weighted by Gasteiger charge is 2.19. The maximum absolute atomic E-state index is 9.83. The quantitative estimate of drug-likeness (QED) is 0.604. The van der Waals surface area contributed by atoms with Gasteiger partial charge in [-0.2, -0.15) is 0 Å². The molecule has 0 aromatic carbocycles. The van der Waals surface area contributed by atoms with Gasteiger partial charge in [0.2, 0.25) is 0 Å². The van der Waals surface area contributed by atoms with E-state index in [1.54, 1.807) is 0 Å². The summed E-state index contributed by atoms with van der Waals surface area (Å²) in [6.07, 6.45) is 1.97. The topological polar surface area (TPSA) is 38.7 Å². The summed E-state index contributed by atoms with van der Waals surface area (Å²) in [6, 6.07) is 0. The molecule has 0 fully saturated rings. The summed E-state index contributed by atoms with van der Waals surface area (Å²) in [5, 5.41) is 9.83. The molecule has 0 aromatic heterocycles. The molecule has 3 heteroatoms. The predicted molar refractivity (Wildman–Crippen MR) is 61.7 cm³/mol. The lowest BCUT2D eigenvalue weighted by Crippen LogP contribution is -2.32. The Labute approximate surface area is 93.8 Å². The molecule has 0 saturated heterocycles. The number of aliphatic hydroxyl groups excluding tert-OH is 1. The zero-order chi connectivity index (χ0) is 11.7. The molecule has 0 rings (SSSR count). The first kappa shape index (κ1) is 14.9. The molecule has 0 bridgehead atoms. The summed E-state index contributed by atoms with van der Waals surface area (Å²) in [7, 11) is 0. The minimum atomic E-state index is -0.497. The summed E-state index contributed by atoms with van der Waals surface area (Å²) in [5.41, 5.74) is 0. The Balaban J connectivity index is 3.74. The van der Waals surface area contributed by atoms with Gasteiger partial charge in [-0.3, -0.25) is 0 Å². The third-order valence-electron chi connectivity index (χ3n) is 2.26. The summed E-state index contributed by atoms with van der Waals surface area (Å²) in [4.78, 5) is 0. The summed E-state index contributed by atoms with van der Waals surface area (Å²) in [6.45, 7) is 9.35. The maximum Gasteiger partial charge on any atom is 0.183 e. The third kappa shape index (κ3) is 7.77. The van der Waals surface area contributed by atoms with Crippen LogP contribution in [0.25, 0.3) is 0 Å². The van der Waals surface area contributed by atoms with E-state index < -0.39 is 12.4 Å². The van der Waals surface area contributed by atoms with Gasteiger partial charge in [0.25, 0.3) is 0 Å². The van der Waals surface area contributed by atoms with Gasteiger partial charge in [-0.1, -0.05) is 26.7 Å². The molecule has 0 spiro atoms. The van der Waals surface area contributed by atoms with Crippen molar-refractivity contribution in [3.8, 4) is 0 Å². The fourth-order valence-electron chi connectivity index (χ4n) is 1.47. The second-order valence-corrected chi connectivity index (χ2v) is 4.17. The number of aliphatic hydroxyl groups is 1. The average molecular weight is 218 g/mol. The van der Waals surface area contributed by atoms with E-state index >= 15 is 0 Å². The molecular formula is C12H26O3. The predicted octanol–water partition coefficient (Wildman–Crippen LogP) is 2.57. The van der Waals surface area contributed by atoms with Crippen molar-refractivity contribution >= 4 is 0 Å². The second-order valence-electron chi connectivity index (χ2n) is 4.17. The molecule has 0 aliphatic carbocycles. The van der Waals surface area contributed by atoms with Crippen molar-refractivity contribution in [2.75, 3.05) is 13.2 Å². The Hall–Kier alpha value is -0.120. The zero-order valence-electron chi connectivity index (χ0n) is 10.5. The van der Waals surface area contributed by atoms with E-state index in [0.29, 0.717) is 19.1 Å². The molecule has 0 aliphatic heterocycles. The van der Waals surface area contributed by atoms with Crippen molar-refractivity contribution < 1.29 is 14.6 Å². The zero-order valence-corrected chi connectivity index (χ0v) is 10.5. The molecule has 0 aliphatic rings. The fraction of sp³-hybridized carbons (Fsp3) is 1.00. The first-order valence-electron chi connectivity index (χ1n) is 6.03. The number of hydrogen-bond donors (Lipinski definition) is 1. The lowest BCUT2D eigenvalue weighted by atomic mass is 10.0. The van der Waals surface area contributed by atoms with E-state index in [1.165, 1.54) is 0 Å². The van der Waals surface area contributed by atoms with Crippen LogP contribution in [0.15, 0.2) is 0 Å². The van der Waals surface area contributed by atoms with E-state index in [-0.39, 0.29) is 0 Å². The molecule has 0 aromatic rings. The Kier molecular flexibility index (Phi) is 9.06. The number of ether oxygens (including phenoxy) is 2. The number of hydrogen-bond acceptors (Lipinski definition) is 3. The lowest BCUT2D eigenvalue weighted by Gasteiger charge is -2.22. The molecule has 15 heavy (non-hydrogen) atoms. The van der Waals surface area contributed by atoms with Gasteiger partial charge in [-0.25, -0.2) is 0 Å². The lowest BCUT2D eigenvalue weighted by molar-refractivity contribution is -0.191. The van der Waals surface area contributed by atoms with Crippen LogP contribution in [0.1, 0.15) is 47.0 Å². The molecular weight excluding hydrogens is 192 g/mol. The van der Waals surface area contributed by atoms with Crippen LogP contribution in [-0.4, -0.2) is 30.7 Å². The molecule has 0 radical (unpaired) electrons. The van der Waals surface area contributed by atoms with Gasteiger partial charge in [0, 0.05) is 13.2 Å². The molecule has 1 atom stereocenters. The minimum Gasteiger partial charge on any atom is -0.388 e. The summed E-state index contributed by atoms with van der Waals surface area (Å²) >= 11 is 0. The third-order valence-corrected chi connectivity index (χ3v) is 2.26. The molecule has 0 heterocycles. The molecule has 0 amide bonds. The van der Waals surface area contributed by atoms with Crippen molar-refractivity contribution in [3.05, 3.63) is 0 Å². The largest absolute Gasteiger partial charge is 0.388 e. The average Bonchev–Trinajstić information content (AvgIpc) is 2.16. The maximum atomic E-state index is 9.83. The van der Waals surface area contributed by atoms with Crippen molar-refractivity contribution in [2.24, 2.45) is 5.92 Å². The van der Waals surface area contributed by atoms with Gasteiger partial charge in [-0.15, -0.1) is 0 Å². The van der Waals surface area contributed by atoms with Crippen LogP contribution in [0, 0.1) is 5.92 Å². The smallest absolute Gasteiger partial charge is 0.183 e. The van der Waals surface area contributed by atoms with E-state index in [1.807, 2.05) is 13.8 Å². The first-order valence-corrected chi connectivity index (χ1v) is 6.03. The van der Waals surface area contributed by atoms with Crippen molar-refractivity contribution in [1.82, 2.24) is 0 Å². The van der Waals surface area contributed by atoms with Crippen LogP contribution >= 0.6 is 0 Å². The van der Waals surface area contributed by atoms with E-state index in [0.717, 1.165) is 19.3 Å². The summed E-state index contributed by atoms with van der Waals surface area (Å²) < 4.78 is 10.7. The highest BCUT2D eigenvalue weighted by Crippen LogP contribution is 2.13. The standard InChI is InChI=1S/C12H26O3/c1-5-14-12(15-6-2)11(13)9-7-8-10(3)4/h10-13H,5-9H2,1-4H3. The second kappa shape index (κ2) is 9.13. The fourth-order valence-corrected chi connectivity index (χ4v) is 1.47. The van der Waals surface area contributed by atoms with Crippen LogP contribution in [0.4, 0.5) is 0 Å². The van der Waals surface area contributed by atoms with Crippen molar-refractivity contribution in [3.63, 3.8) is 0 Å². The molecule has 92 valence electrons. The van der Waals surface area contributed by atoms with E-state index in [4.69, 9.17) is 9.47 Å². The summed E-state index contributed by atoms with van der Waals surface area (Å²) in [5.74, 6) is 0.690. The SMILES string of the molecule is CCOC(OCC)C(O)CCCC(C)C. The van der Waals surface area contributed by atoms with Crippen LogP contribution in [0.5, 0.6) is 0 Å². The Morgan fingerprint density at radius 2 is 1.53 bits per heavy atom. The normalized spacial score (nSPS) is 13.8. The molecule has 3 nitrogen and oxygen atoms in total. The van der Waals surface area contributed by atoms with E-state index in [9.17, 15) is 5.11 Å². The Morgan fingerprint density at radius 1 is 1.00 bits per heavy atom. The minimum absolute atomic E-state index is 0.452. The highest BCUT2D eigenvalue weighted by atomic mass is 16.7. The van der Waals surface area contributed by atoms with Crippen LogP contribution in [0.3, 0.4) is 0 Å². The van der Waals surface area contributed by atoms with Crippen LogP contribution in [-0.2, 0) is 9.47 Å². The molecule has 1 unspecified atom stereocenters. The Morgan fingerprint density at radius 3 is 1.93 bits per heavy atom. The van der Waals surface area contributed by atoms with Gasteiger partial charge in [0.15, 0.2) is 6.29 Å². The van der Waals surface area contributed by atoms with Crippen molar-refractivity contribution in [2.45, 2.75) is 59.4 Å². The van der Waals surface area contributed by atoms with Gasteiger partial charge in [0.05, 0.1) is 0 Å². The molecule has 0 saturated carbocycles.